The normalized spacial score (nSPS) is 10.8. The predicted octanol–water partition coefficient (Wildman–Crippen LogP) is 4.34. The van der Waals surface area contributed by atoms with Crippen LogP contribution in [0.25, 0.3) is 0 Å². The van der Waals surface area contributed by atoms with Gasteiger partial charge < -0.3 is 16.4 Å². The van der Waals surface area contributed by atoms with Crippen molar-refractivity contribution in [3.05, 3.63) is 63.8 Å². The molecule has 2 aromatic carbocycles. The molecule has 0 saturated carbocycles. The summed E-state index contributed by atoms with van der Waals surface area (Å²) >= 11 is 11.8. The van der Waals surface area contributed by atoms with Crippen molar-refractivity contribution in [2.75, 3.05) is 16.4 Å². The second kappa shape index (κ2) is 7.73. The van der Waals surface area contributed by atoms with Gasteiger partial charge in [0.1, 0.15) is 11.6 Å². The van der Waals surface area contributed by atoms with Gasteiger partial charge in [-0.05, 0) is 48.9 Å². The van der Waals surface area contributed by atoms with Gasteiger partial charge in [-0.1, -0.05) is 23.2 Å². The number of carbonyl (C=O) groups excluding carboxylic acids is 1. The fourth-order valence-electron chi connectivity index (χ4n) is 1.89. The number of aryl methyl sites for hydroxylation is 1. The first-order valence-electron chi connectivity index (χ1n) is 6.90. The summed E-state index contributed by atoms with van der Waals surface area (Å²) in [5.41, 5.74) is 8.02. The molecule has 1 amide bonds. The number of nitriles is 1. The van der Waals surface area contributed by atoms with Crippen LogP contribution in [0.2, 0.25) is 10.0 Å². The van der Waals surface area contributed by atoms with Crippen LogP contribution >= 0.6 is 23.2 Å². The van der Waals surface area contributed by atoms with Gasteiger partial charge in [-0.25, -0.2) is 0 Å². The molecular formula is C17H14Cl2N4O. The second-order valence-corrected chi connectivity index (χ2v) is 5.81. The van der Waals surface area contributed by atoms with E-state index in [4.69, 9.17) is 28.9 Å². The first kappa shape index (κ1) is 17.7. The Hall–Kier alpha value is -2.68. The number of benzene rings is 2. The lowest BCUT2D eigenvalue weighted by Gasteiger charge is -2.08. The van der Waals surface area contributed by atoms with Crippen LogP contribution in [0.3, 0.4) is 0 Å². The number of nitrogen functional groups attached to an aromatic ring is 1. The number of nitrogens with two attached hydrogens (primary N) is 1. The highest BCUT2D eigenvalue weighted by atomic mass is 35.5. The maximum atomic E-state index is 12.2. The molecule has 122 valence electrons. The minimum atomic E-state index is -0.558. The fraction of sp³-hybridized carbons (Fsp3) is 0.0588. The molecule has 0 fully saturated rings. The highest BCUT2D eigenvalue weighted by Gasteiger charge is 2.10. The van der Waals surface area contributed by atoms with Crippen LogP contribution < -0.4 is 16.4 Å². The highest BCUT2D eigenvalue weighted by Crippen LogP contribution is 2.23. The molecular weight excluding hydrogens is 347 g/mol. The lowest BCUT2D eigenvalue weighted by atomic mass is 10.2. The van der Waals surface area contributed by atoms with Gasteiger partial charge >= 0.3 is 0 Å². The summed E-state index contributed by atoms with van der Waals surface area (Å²) in [6, 6.07) is 11.8. The standard InChI is InChI=1S/C17H14Cl2N4O/c1-10-6-12(18)2-5-16(10)22-9-11(8-20)17(24)23-13-3-4-15(21)14(19)7-13/h2-7,9,22H,21H2,1H3,(H,23,24)/b11-9-. The van der Waals surface area contributed by atoms with Crippen molar-refractivity contribution < 1.29 is 4.79 Å². The van der Waals surface area contributed by atoms with Gasteiger partial charge in [0.05, 0.1) is 10.7 Å². The third-order valence-electron chi connectivity index (χ3n) is 3.18. The number of hydrogen-bond acceptors (Lipinski definition) is 4. The average Bonchev–Trinajstić information content (AvgIpc) is 2.53. The molecule has 0 atom stereocenters. The zero-order valence-electron chi connectivity index (χ0n) is 12.7. The van der Waals surface area contributed by atoms with E-state index in [1.807, 2.05) is 13.0 Å². The number of amides is 1. The number of halogens is 2. The molecule has 7 heteroatoms. The fourth-order valence-corrected chi connectivity index (χ4v) is 2.30. The summed E-state index contributed by atoms with van der Waals surface area (Å²) in [5.74, 6) is -0.558. The predicted molar refractivity (Wildman–Crippen MR) is 98.0 cm³/mol. The van der Waals surface area contributed by atoms with E-state index in [1.165, 1.54) is 12.3 Å². The number of nitrogens with zero attached hydrogens (tertiary/aromatic N) is 1. The number of anilines is 3. The van der Waals surface area contributed by atoms with E-state index in [-0.39, 0.29) is 5.57 Å². The van der Waals surface area contributed by atoms with Crippen LogP contribution in [-0.4, -0.2) is 5.91 Å². The first-order chi connectivity index (χ1) is 11.4. The number of hydrogen-bond donors (Lipinski definition) is 3. The molecule has 0 aromatic heterocycles. The van der Waals surface area contributed by atoms with Crippen LogP contribution in [0, 0.1) is 18.3 Å². The van der Waals surface area contributed by atoms with Gasteiger partial charge in [-0.3, -0.25) is 4.79 Å². The SMILES string of the molecule is Cc1cc(Cl)ccc1N/C=C(/C#N)C(=O)Nc1ccc(N)c(Cl)c1. The van der Waals surface area contributed by atoms with Gasteiger partial charge in [0.25, 0.3) is 5.91 Å². The lowest BCUT2D eigenvalue weighted by molar-refractivity contribution is -0.112. The summed E-state index contributed by atoms with van der Waals surface area (Å²) in [6.45, 7) is 1.87. The lowest BCUT2D eigenvalue weighted by Crippen LogP contribution is -2.14. The van der Waals surface area contributed by atoms with E-state index in [0.29, 0.717) is 21.4 Å². The molecule has 0 aliphatic carbocycles. The molecule has 0 heterocycles. The summed E-state index contributed by atoms with van der Waals surface area (Å²) in [7, 11) is 0. The molecule has 0 saturated heterocycles. The van der Waals surface area contributed by atoms with Crippen molar-refractivity contribution in [1.29, 1.82) is 5.26 Å². The third kappa shape index (κ3) is 4.42. The molecule has 2 aromatic rings. The van der Waals surface area contributed by atoms with E-state index < -0.39 is 5.91 Å². The highest BCUT2D eigenvalue weighted by molar-refractivity contribution is 6.33. The zero-order chi connectivity index (χ0) is 17.7. The Morgan fingerprint density at radius 1 is 1.25 bits per heavy atom. The van der Waals surface area contributed by atoms with Gasteiger partial charge in [0.15, 0.2) is 0 Å². The van der Waals surface area contributed by atoms with Crippen LogP contribution in [0.5, 0.6) is 0 Å². The molecule has 24 heavy (non-hydrogen) atoms. The summed E-state index contributed by atoms with van der Waals surface area (Å²) < 4.78 is 0. The second-order valence-electron chi connectivity index (χ2n) is 4.96. The van der Waals surface area contributed by atoms with Crippen LogP contribution in [0.15, 0.2) is 48.2 Å². The molecule has 0 aliphatic heterocycles. The molecule has 0 radical (unpaired) electrons. The Bertz CT molecular complexity index is 856. The smallest absolute Gasteiger partial charge is 0.267 e. The maximum absolute atomic E-state index is 12.2. The maximum Gasteiger partial charge on any atom is 0.267 e. The Labute approximate surface area is 149 Å². The number of carbonyl (C=O) groups is 1. The van der Waals surface area contributed by atoms with Crippen LogP contribution in [0.4, 0.5) is 17.1 Å². The number of nitrogens with one attached hydrogen (secondary N) is 2. The summed E-state index contributed by atoms with van der Waals surface area (Å²) in [5, 5.41) is 15.6. The van der Waals surface area contributed by atoms with E-state index >= 15 is 0 Å². The molecule has 4 N–H and O–H groups in total. The van der Waals surface area contributed by atoms with Crippen molar-refractivity contribution in [2.24, 2.45) is 0 Å². The Balaban J connectivity index is 2.13. The van der Waals surface area contributed by atoms with Gasteiger partial charge in [0, 0.05) is 22.6 Å². The van der Waals surface area contributed by atoms with Crippen LogP contribution in [0.1, 0.15) is 5.56 Å². The minimum Gasteiger partial charge on any atom is -0.398 e. The molecule has 5 nitrogen and oxygen atoms in total. The van der Waals surface area contributed by atoms with Crippen molar-refractivity contribution in [3.8, 4) is 6.07 Å². The Kier molecular flexibility index (Phi) is 5.69. The molecule has 0 unspecified atom stereocenters. The molecule has 2 rings (SSSR count). The summed E-state index contributed by atoms with van der Waals surface area (Å²) in [4.78, 5) is 12.2. The van der Waals surface area contributed by atoms with Crippen molar-refractivity contribution >= 4 is 46.2 Å². The first-order valence-corrected chi connectivity index (χ1v) is 7.65. The largest absolute Gasteiger partial charge is 0.398 e. The van der Waals surface area contributed by atoms with Gasteiger partial charge in [-0.2, -0.15) is 5.26 Å². The molecule has 0 aliphatic rings. The monoisotopic (exact) mass is 360 g/mol. The molecule has 0 bridgehead atoms. The topological polar surface area (TPSA) is 90.9 Å². The van der Waals surface area contributed by atoms with Crippen molar-refractivity contribution in [2.45, 2.75) is 6.92 Å². The Morgan fingerprint density at radius 3 is 2.62 bits per heavy atom. The van der Waals surface area contributed by atoms with Crippen molar-refractivity contribution in [1.82, 2.24) is 0 Å². The third-order valence-corrected chi connectivity index (χ3v) is 3.75. The number of rotatable bonds is 4. The van der Waals surface area contributed by atoms with E-state index in [9.17, 15) is 10.1 Å². The summed E-state index contributed by atoms with van der Waals surface area (Å²) in [6.07, 6.45) is 1.34. The van der Waals surface area contributed by atoms with Crippen molar-refractivity contribution in [3.63, 3.8) is 0 Å². The van der Waals surface area contributed by atoms with E-state index in [0.717, 1.165) is 11.3 Å². The Morgan fingerprint density at radius 2 is 2.00 bits per heavy atom. The minimum absolute atomic E-state index is 0.0858. The van der Waals surface area contributed by atoms with Crippen LogP contribution in [-0.2, 0) is 4.79 Å². The van der Waals surface area contributed by atoms with Gasteiger partial charge in [0.2, 0.25) is 0 Å². The molecule has 0 spiro atoms. The zero-order valence-corrected chi connectivity index (χ0v) is 14.2. The van der Waals surface area contributed by atoms with E-state index in [2.05, 4.69) is 10.6 Å². The van der Waals surface area contributed by atoms with E-state index in [1.54, 1.807) is 30.3 Å². The quantitative estimate of drug-likeness (QED) is 0.429. The average molecular weight is 361 g/mol. The van der Waals surface area contributed by atoms with Gasteiger partial charge in [-0.15, -0.1) is 0 Å².